The second-order valence-electron chi connectivity index (χ2n) is 5.84. The first-order valence-electron chi connectivity index (χ1n) is 7.79. The van der Waals surface area contributed by atoms with Gasteiger partial charge in [-0.2, -0.15) is 0 Å². The molecule has 2 aromatic heterocycles. The minimum Gasteiger partial charge on any atom is -0.347 e. The van der Waals surface area contributed by atoms with Gasteiger partial charge in [0, 0.05) is 34.9 Å². The van der Waals surface area contributed by atoms with Gasteiger partial charge in [-0.05, 0) is 25.0 Å². The molecule has 122 valence electrons. The summed E-state index contributed by atoms with van der Waals surface area (Å²) in [7, 11) is 0. The molecule has 1 aromatic carbocycles. The van der Waals surface area contributed by atoms with Crippen LogP contribution in [0.1, 0.15) is 12.8 Å². The zero-order chi connectivity index (χ0) is 16.5. The molecular formula is C17H16N4O2S. The normalized spacial score (nSPS) is 13.8. The first-order chi connectivity index (χ1) is 11.7. The van der Waals surface area contributed by atoms with Crippen LogP contribution in [0.25, 0.3) is 16.2 Å². The third kappa shape index (κ3) is 3.16. The average Bonchev–Trinajstić information content (AvgIpc) is 3.21. The Morgan fingerprint density at radius 2 is 2.04 bits per heavy atom. The van der Waals surface area contributed by atoms with E-state index < -0.39 is 0 Å². The molecule has 0 unspecified atom stereocenters. The number of hydrogen-bond acceptors (Lipinski definition) is 4. The molecule has 0 radical (unpaired) electrons. The smallest absolute Gasteiger partial charge is 0.243 e. The topological polar surface area (TPSA) is 75.5 Å². The first kappa shape index (κ1) is 14.9. The van der Waals surface area contributed by atoms with Crippen LogP contribution in [0.4, 0.5) is 5.69 Å². The molecule has 2 N–H and O–H groups in total. The predicted molar refractivity (Wildman–Crippen MR) is 92.9 cm³/mol. The van der Waals surface area contributed by atoms with Crippen LogP contribution in [0.3, 0.4) is 0 Å². The Morgan fingerprint density at radius 1 is 1.25 bits per heavy atom. The molecule has 1 saturated carbocycles. The molecule has 0 saturated heterocycles. The van der Waals surface area contributed by atoms with Gasteiger partial charge in [-0.25, -0.2) is 4.98 Å². The van der Waals surface area contributed by atoms with Gasteiger partial charge < -0.3 is 10.6 Å². The number of benzene rings is 1. The largest absolute Gasteiger partial charge is 0.347 e. The van der Waals surface area contributed by atoms with E-state index in [1.807, 2.05) is 46.4 Å². The number of carbonyl (C=O) groups excluding carboxylic acids is 2. The van der Waals surface area contributed by atoms with E-state index in [1.165, 1.54) is 0 Å². The maximum absolute atomic E-state index is 11.9. The molecule has 1 fully saturated rings. The van der Waals surface area contributed by atoms with Crippen LogP contribution in [0.15, 0.2) is 42.0 Å². The molecule has 24 heavy (non-hydrogen) atoms. The summed E-state index contributed by atoms with van der Waals surface area (Å²) in [5, 5.41) is 7.42. The lowest BCUT2D eigenvalue weighted by Gasteiger charge is -2.07. The van der Waals surface area contributed by atoms with E-state index in [0.717, 1.165) is 29.1 Å². The summed E-state index contributed by atoms with van der Waals surface area (Å²) in [6.07, 6.45) is 5.81. The number of amides is 2. The quantitative estimate of drug-likeness (QED) is 0.749. The Labute approximate surface area is 142 Å². The summed E-state index contributed by atoms with van der Waals surface area (Å²) in [4.78, 5) is 28.9. The van der Waals surface area contributed by atoms with Gasteiger partial charge in [0.15, 0.2) is 4.96 Å². The maximum Gasteiger partial charge on any atom is 0.243 e. The van der Waals surface area contributed by atoms with Gasteiger partial charge >= 0.3 is 0 Å². The van der Waals surface area contributed by atoms with Crippen molar-refractivity contribution in [3.8, 4) is 11.3 Å². The SMILES string of the molecule is O=C(CNC(=O)C1CC1)Nc1ccc(-c2cn3ccsc3n2)cc1. The zero-order valence-electron chi connectivity index (χ0n) is 12.9. The van der Waals surface area contributed by atoms with Crippen molar-refractivity contribution in [2.45, 2.75) is 12.8 Å². The lowest BCUT2D eigenvalue weighted by molar-refractivity contribution is -0.125. The summed E-state index contributed by atoms with van der Waals surface area (Å²) in [6.45, 7) is 0.00834. The fourth-order valence-corrected chi connectivity index (χ4v) is 3.15. The minimum absolute atomic E-state index is 0.00834. The number of nitrogens with zero attached hydrogens (tertiary/aromatic N) is 2. The third-order valence-electron chi connectivity index (χ3n) is 3.93. The van der Waals surface area contributed by atoms with Crippen LogP contribution in [-0.2, 0) is 9.59 Å². The van der Waals surface area contributed by atoms with Crippen molar-refractivity contribution in [2.24, 2.45) is 5.92 Å². The number of thiazole rings is 1. The molecule has 7 heteroatoms. The van der Waals surface area contributed by atoms with Crippen molar-refractivity contribution in [1.82, 2.24) is 14.7 Å². The van der Waals surface area contributed by atoms with Crippen LogP contribution in [0.2, 0.25) is 0 Å². The molecule has 4 rings (SSSR count). The monoisotopic (exact) mass is 340 g/mol. The predicted octanol–water partition coefficient (Wildman–Crippen LogP) is 2.53. The Bertz CT molecular complexity index is 864. The molecule has 0 atom stereocenters. The highest BCUT2D eigenvalue weighted by molar-refractivity contribution is 7.15. The standard InChI is InChI=1S/C17H16N4O2S/c22-15(9-18-16(23)12-1-2-12)19-13-5-3-11(4-6-13)14-10-21-7-8-24-17(21)20-14/h3-8,10,12H,1-2,9H2,(H,18,23)(H,19,22). The number of fused-ring (bicyclic) bond motifs is 1. The van der Waals surface area contributed by atoms with E-state index in [-0.39, 0.29) is 24.3 Å². The van der Waals surface area contributed by atoms with Crippen molar-refractivity contribution < 1.29 is 9.59 Å². The van der Waals surface area contributed by atoms with Crippen molar-refractivity contribution in [3.63, 3.8) is 0 Å². The fourth-order valence-electron chi connectivity index (χ4n) is 2.45. The van der Waals surface area contributed by atoms with E-state index in [2.05, 4.69) is 15.6 Å². The molecule has 1 aliphatic carbocycles. The molecule has 2 heterocycles. The van der Waals surface area contributed by atoms with Crippen molar-refractivity contribution >= 4 is 33.8 Å². The summed E-state index contributed by atoms with van der Waals surface area (Å²) in [5.74, 6) is -0.138. The highest BCUT2D eigenvalue weighted by Crippen LogP contribution is 2.28. The molecule has 1 aliphatic rings. The summed E-state index contributed by atoms with van der Waals surface area (Å²) < 4.78 is 1.98. The molecule has 0 spiro atoms. The van der Waals surface area contributed by atoms with Crippen LogP contribution in [0.5, 0.6) is 0 Å². The van der Waals surface area contributed by atoms with Gasteiger partial charge in [-0.3, -0.25) is 14.0 Å². The van der Waals surface area contributed by atoms with E-state index >= 15 is 0 Å². The summed E-state index contributed by atoms with van der Waals surface area (Å²) in [6, 6.07) is 7.52. The van der Waals surface area contributed by atoms with Crippen molar-refractivity contribution in [3.05, 3.63) is 42.0 Å². The van der Waals surface area contributed by atoms with Gasteiger partial charge in [0.25, 0.3) is 0 Å². The van der Waals surface area contributed by atoms with Gasteiger partial charge in [0.1, 0.15) is 0 Å². The number of aromatic nitrogens is 2. The Morgan fingerprint density at radius 3 is 2.75 bits per heavy atom. The number of anilines is 1. The first-order valence-corrected chi connectivity index (χ1v) is 8.67. The average molecular weight is 340 g/mol. The fraction of sp³-hybridized carbons (Fsp3) is 0.235. The van der Waals surface area contributed by atoms with Crippen LogP contribution in [-0.4, -0.2) is 27.7 Å². The van der Waals surface area contributed by atoms with E-state index in [9.17, 15) is 9.59 Å². The number of rotatable bonds is 5. The van der Waals surface area contributed by atoms with Gasteiger partial charge in [-0.15, -0.1) is 11.3 Å². The van der Waals surface area contributed by atoms with E-state index in [4.69, 9.17) is 0 Å². The lowest BCUT2D eigenvalue weighted by atomic mass is 10.1. The number of nitrogens with one attached hydrogen (secondary N) is 2. The minimum atomic E-state index is -0.223. The maximum atomic E-state index is 11.9. The second kappa shape index (κ2) is 6.09. The molecule has 3 aromatic rings. The summed E-state index contributed by atoms with van der Waals surface area (Å²) in [5.41, 5.74) is 2.59. The highest BCUT2D eigenvalue weighted by Gasteiger charge is 2.29. The number of hydrogen-bond donors (Lipinski definition) is 2. The van der Waals surface area contributed by atoms with Gasteiger partial charge in [-0.1, -0.05) is 12.1 Å². The Balaban J connectivity index is 1.37. The van der Waals surface area contributed by atoms with Crippen molar-refractivity contribution in [1.29, 1.82) is 0 Å². The van der Waals surface area contributed by atoms with Gasteiger partial charge in [0.2, 0.25) is 11.8 Å². The molecular weight excluding hydrogens is 324 g/mol. The molecule has 6 nitrogen and oxygen atoms in total. The number of imidazole rings is 1. The Hall–Kier alpha value is -2.67. The van der Waals surface area contributed by atoms with E-state index in [0.29, 0.717) is 5.69 Å². The van der Waals surface area contributed by atoms with Crippen LogP contribution >= 0.6 is 11.3 Å². The summed E-state index contributed by atoms with van der Waals surface area (Å²) >= 11 is 1.59. The van der Waals surface area contributed by atoms with Crippen LogP contribution in [0, 0.1) is 5.92 Å². The van der Waals surface area contributed by atoms with Crippen LogP contribution < -0.4 is 10.6 Å². The second-order valence-corrected chi connectivity index (χ2v) is 6.71. The number of carbonyl (C=O) groups is 2. The molecule has 0 bridgehead atoms. The Kier molecular flexibility index (Phi) is 3.78. The molecule has 0 aliphatic heterocycles. The third-order valence-corrected chi connectivity index (χ3v) is 4.70. The highest BCUT2D eigenvalue weighted by atomic mass is 32.1. The van der Waals surface area contributed by atoms with E-state index in [1.54, 1.807) is 11.3 Å². The van der Waals surface area contributed by atoms with Crippen molar-refractivity contribution in [2.75, 3.05) is 11.9 Å². The van der Waals surface area contributed by atoms with Gasteiger partial charge in [0.05, 0.1) is 12.2 Å². The zero-order valence-corrected chi connectivity index (χ0v) is 13.7. The molecule has 2 amide bonds. The lowest BCUT2D eigenvalue weighted by Crippen LogP contribution is -2.33.